The zero-order valence-electron chi connectivity index (χ0n) is 21.7. The topological polar surface area (TPSA) is 84.7 Å². The van der Waals surface area contributed by atoms with E-state index in [1.165, 1.54) is 41.0 Å². The number of carbonyl (C=O) groups is 1. The van der Waals surface area contributed by atoms with Gasteiger partial charge in [-0.3, -0.25) is 4.90 Å². The molecule has 1 saturated carbocycles. The zero-order valence-corrected chi connectivity index (χ0v) is 24.2. The number of hydrogen-bond acceptors (Lipinski definition) is 8. The molecule has 3 heterocycles. The van der Waals surface area contributed by atoms with Gasteiger partial charge in [-0.15, -0.1) is 22.7 Å². The summed E-state index contributed by atoms with van der Waals surface area (Å²) in [7, 11) is -4.68. The van der Waals surface area contributed by atoms with Crippen LogP contribution in [-0.4, -0.2) is 48.1 Å². The van der Waals surface area contributed by atoms with Gasteiger partial charge in [-0.25, -0.2) is 9.78 Å². The molecule has 5 rings (SSSR count). The highest BCUT2D eigenvalue weighted by Gasteiger charge is 2.45. The van der Waals surface area contributed by atoms with Crippen LogP contribution in [0.4, 0.5) is 18.9 Å². The standard InChI is InChI=1S/C26H27F3N4O4S3/c1-3-31(4-2)16-19-14-30-24(39-19)21-13-18-7-5-8-20(23(18)32(21)15-17-10-11-17)33(37-25(34)26(27,28)29)40(35,36)22-9-6-12-38-22/h5-9,12-14,17H,3-4,10-11,15-16H2,1-2H3. The number of thiophene rings is 1. The summed E-state index contributed by atoms with van der Waals surface area (Å²) in [5.74, 6) is -2.30. The Morgan fingerprint density at radius 1 is 1.18 bits per heavy atom. The molecule has 0 N–H and O–H groups in total. The summed E-state index contributed by atoms with van der Waals surface area (Å²) in [5, 5.41) is 2.77. The molecular formula is C26H27F3N4O4S3. The molecule has 40 heavy (non-hydrogen) atoms. The van der Waals surface area contributed by atoms with Crippen LogP contribution in [0.25, 0.3) is 21.6 Å². The maximum absolute atomic E-state index is 13.6. The number of anilines is 1. The Morgan fingerprint density at radius 2 is 1.93 bits per heavy atom. The largest absolute Gasteiger partial charge is 0.493 e. The highest BCUT2D eigenvalue weighted by atomic mass is 32.2. The second kappa shape index (κ2) is 11.1. The average molecular weight is 613 g/mol. The Hall–Kier alpha value is -2.94. The van der Waals surface area contributed by atoms with E-state index in [0.29, 0.717) is 28.4 Å². The lowest BCUT2D eigenvalue weighted by atomic mass is 10.2. The first-order chi connectivity index (χ1) is 19.0. The molecule has 0 atom stereocenters. The molecule has 0 unspecified atom stereocenters. The van der Waals surface area contributed by atoms with Gasteiger partial charge in [-0.2, -0.15) is 21.6 Å². The first-order valence-corrected chi connectivity index (χ1v) is 15.8. The minimum atomic E-state index is -5.40. The van der Waals surface area contributed by atoms with Gasteiger partial charge in [0.15, 0.2) is 0 Å². The number of halogens is 3. The molecule has 1 aliphatic rings. The predicted octanol–water partition coefficient (Wildman–Crippen LogP) is 6.29. The van der Waals surface area contributed by atoms with Crippen LogP contribution >= 0.6 is 22.7 Å². The van der Waals surface area contributed by atoms with Crippen molar-refractivity contribution >= 4 is 55.3 Å². The van der Waals surface area contributed by atoms with Crippen LogP contribution in [-0.2, 0) is 32.7 Å². The minimum absolute atomic E-state index is 0.109. The molecule has 14 heteroatoms. The van der Waals surface area contributed by atoms with Crippen LogP contribution < -0.4 is 4.47 Å². The van der Waals surface area contributed by atoms with E-state index in [0.717, 1.165) is 54.4 Å². The number of aromatic nitrogens is 2. The van der Waals surface area contributed by atoms with E-state index in [1.54, 1.807) is 6.07 Å². The number of hydrogen-bond donors (Lipinski definition) is 0. The molecule has 1 fully saturated rings. The summed E-state index contributed by atoms with van der Waals surface area (Å²) in [6.07, 6.45) is -1.63. The van der Waals surface area contributed by atoms with Crippen molar-refractivity contribution in [2.45, 2.75) is 50.2 Å². The Morgan fingerprint density at radius 3 is 2.55 bits per heavy atom. The summed E-state index contributed by atoms with van der Waals surface area (Å²) in [5.41, 5.74) is 0.885. The van der Waals surface area contributed by atoms with Gasteiger partial charge in [-0.1, -0.05) is 36.5 Å². The molecule has 0 saturated heterocycles. The van der Waals surface area contributed by atoms with Crippen molar-refractivity contribution in [1.29, 1.82) is 0 Å². The van der Waals surface area contributed by atoms with Crippen molar-refractivity contribution in [3.63, 3.8) is 0 Å². The lowest BCUT2D eigenvalue weighted by Gasteiger charge is -2.24. The monoisotopic (exact) mass is 612 g/mol. The molecule has 1 aromatic carbocycles. The fraction of sp³-hybridized carbons (Fsp3) is 0.385. The Bertz CT molecular complexity index is 1610. The Balaban J connectivity index is 1.67. The van der Waals surface area contributed by atoms with Gasteiger partial charge in [0.1, 0.15) is 14.9 Å². The van der Waals surface area contributed by atoms with E-state index in [9.17, 15) is 26.4 Å². The van der Waals surface area contributed by atoms with E-state index >= 15 is 0 Å². The normalized spacial score (nSPS) is 14.2. The summed E-state index contributed by atoms with van der Waals surface area (Å²) in [6, 6.07) is 9.16. The second-order valence-corrected chi connectivity index (χ2v) is 13.5. The van der Waals surface area contributed by atoms with Crippen molar-refractivity contribution in [3.8, 4) is 10.7 Å². The molecule has 0 amide bonds. The lowest BCUT2D eigenvalue weighted by Crippen LogP contribution is -2.38. The van der Waals surface area contributed by atoms with Crippen LogP contribution in [0, 0.1) is 5.92 Å². The quantitative estimate of drug-likeness (QED) is 0.185. The van der Waals surface area contributed by atoms with E-state index < -0.39 is 22.2 Å². The maximum Gasteiger partial charge on any atom is 0.493 e. The molecular weight excluding hydrogens is 586 g/mol. The average Bonchev–Trinajstić information content (AvgIpc) is 3.28. The second-order valence-electron chi connectivity index (χ2n) is 9.43. The van der Waals surface area contributed by atoms with Gasteiger partial charge in [0.05, 0.1) is 11.2 Å². The maximum atomic E-state index is 13.6. The summed E-state index contributed by atoms with van der Waals surface area (Å²) < 4.78 is 68.7. The third-order valence-corrected chi connectivity index (χ3v) is 10.6. The molecule has 4 aromatic rings. The van der Waals surface area contributed by atoms with Crippen LogP contribution in [0.1, 0.15) is 31.6 Å². The molecule has 3 aromatic heterocycles. The molecule has 1 aliphatic carbocycles. The molecule has 8 nitrogen and oxygen atoms in total. The van der Waals surface area contributed by atoms with Crippen molar-refractivity contribution in [2.75, 3.05) is 17.6 Å². The number of rotatable bonds is 11. The van der Waals surface area contributed by atoms with Crippen LogP contribution in [0.2, 0.25) is 0 Å². The molecule has 0 aliphatic heterocycles. The smallest absolute Gasteiger partial charge is 0.336 e. The number of thiazole rings is 1. The van der Waals surface area contributed by atoms with Gasteiger partial charge in [-0.05, 0) is 55.4 Å². The highest BCUT2D eigenvalue weighted by molar-refractivity contribution is 7.94. The number of carbonyl (C=O) groups excluding carboxylic acids is 1. The van der Waals surface area contributed by atoms with Gasteiger partial charge < -0.3 is 9.40 Å². The van der Waals surface area contributed by atoms with Crippen LogP contribution in [0.5, 0.6) is 0 Å². The number of sulfonamides is 1. The Kier molecular flexibility index (Phi) is 7.97. The first kappa shape index (κ1) is 28.6. The van der Waals surface area contributed by atoms with Crippen LogP contribution in [0.15, 0.2) is 52.2 Å². The van der Waals surface area contributed by atoms with Crippen molar-refractivity contribution in [2.24, 2.45) is 5.92 Å². The fourth-order valence-corrected chi connectivity index (χ4v) is 7.66. The van der Waals surface area contributed by atoms with Crippen LogP contribution in [0.3, 0.4) is 0 Å². The van der Waals surface area contributed by atoms with Gasteiger partial charge in [0, 0.05) is 29.5 Å². The zero-order chi connectivity index (χ0) is 28.7. The van der Waals surface area contributed by atoms with Crippen molar-refractivity contribution in [1.82, 2.24) is 14.5 Å². The fourth-order valence-electron chi connectivity index (χ4n) is 4.39. The van der Waals surface area contributed by atoms with Gasteiger partial charge >= 0.3 is 22.2 Å². The van der Waals surface area contributed by atoms with Gasteiger partial charge in [0.2, 0.25) is 0 Å². The number of nitrogens with zero attached hydrogens (tertiary/aromatic N) is 4. The van der Waals surface area contributed by atoms with E-state index in [4.69, 9.17) is 0 Å². The number of fused-ring (bicyclic) bond motifs is 1. The predicted molar refractivity (Wildman–Crippen MR) is 149 cm³/mol. The number of para-hydroxylation sites is 1. The SMILES string of the molecule is CCN(CC)Cc1cnc(-c2cc3cccc(N(OC(=O)C(F)(F)F)S(=O)(=O)c4cccs4)c3n2CC2CC2)s1. The molecule has 214 valence electrons. The third kappa shape index (κ3) is 5.76. The number of alkyl halides is 3. The highest BCUT2D eigenvalue weighted by Crippen LogP contribution is 2.41. The minimum Gasteiger partial charge on any atom is -0.336 e. The number of benzene rings is 1. The van der Waals surface area contributed by atoms with Crippen molar-refractivity contribution < 1.29 is 31.2 Å². The van der Waals surface area contributed by atoms with Gasteiger partial charge in [0.25, 0.3) is 0 Å². The summed E-state index contributed by atoms with van der Waals surface area (Å²) in [6.45, 7) is 7.20. The van der Waals surface area contributed by atoms with E-state index in [2.05, 4.69) is 28.6 Å². The lowest BCUT2D eigenvalue weighted by molar-refractivity contribution is -0.199. The third-order valence-electron chi connectivity index (χ3n) is 6.64. The molecule has 0 bridgehead atoms. The molecule has 0 spiro atoms. The van der Waals surface area contributed by atoms with Crippen molar-refractivity contribution in [3.05, 3.63) is 52.9 Å². The molecule has 0 radical (unpaired) electrons. The summed E-state index contributed by atoms with van der Waals surface area (Å²) in [4.78, 5) is 24.6. The van der Waals surface area contributed by atoms with E-state index in [-0.39, 0.29) is 14.4 Å². The summed E-state index contributed by atoms with van der Waals surface area (Å²) >= 11 is 2.33. The van der Waals surface area contributed by atoms with E-state index in [1.807, 2.05) is 16.8 Å². The first-order valence-electron chi connectivity index (χ1n) is 12.7. The Labute approximate surface area is 237 Å².